The highest BCUT2D eigenvalue weighted by atomic mass is 32.1. The van der Waals surface area contributed by atoms with E-state index in [0.29, 0.717) is 11.7 Å². The normalized spacial score (nSPS) is 18.0. The lowest BCUT2D eigenvalue weighted by molar-refractivity contribution is -0.116. The first-order valence-electron chi connectivity index (χ1n) is 10.5. The molecule has 0 spiro atoms. The summed E-state index contributed by atoms with van der Waals surface area (Å²) < 4.78 is 16.0. The fourth-order valence-corrected chi connectivity index (χ4v) is 4.50. The number of amides is 1. The van der Waals surface area contributed by atoms with Crippen molar-refractivity contribution in [3.05, 3.63) is 83.2 Å². The maximum absolute atomic E-state index is 13.9. The molecule has 0 bridgehead atoms. The van der Waals surface area contributed by atoms with Gasteiger partial charge < -0.3 is 20.1 Å². The smallest absolute Gasteiger partial charge is 0.226 e. The average Bonchev–Trinajstić information content (AvgIpc) is 3.25. The molecule has 6 nitrogen and oxygen atoms in total. The number of hydrogen-bond acceptors (Lipinski definition) is 3. The summed E-state index contributed by atoms with van der Waals surface area (Å²) in [5, 5.41) is 6.63. The van der Waals surface area contributed by atoms with Gasteiger partial charge in [-0.3, -0.25) is 9.78 Å². The Bertz CT molecular complexity index is 1150. The van der Waals surface area contributed by atoms with E-state index in [1.165, 1.54) is 6.07 Å². The number of rotatable bonds is 6. The predicted octanol–water partition coefficient (Wildman–Crippen LogP) is 4.18. The Morgan fingerprint density at radius 1 is 1.22 bits per heavy atom. The van der Waals surface area contributed by atoms with Gasteiger partial charge in [0.2, 0.25) is 5.91 Å². The summed E-state index contributed by atoms with van der Waals surface area (Å²) >= 11 is 5.67. The second kappa shape index (κ2) is 9.08. The largest absolute Gasteiger partial charge is 0.352 e. The first-order valence-corrected chi connectivity index (χ1v) is 10.9. The highest BCUT2D eigenvalue weighted by Crippen LogP contribution is 2.40. The summed E-state index contributed by atoms with van der Waals surface area (Å²) in [4.78, 5) is 19.2. The third-order valence-corrected chi connectivity index (χ3v) is 6.41. The molecule has 1 aromatic carbocycles. The van der Waals surface area contributed by atoms with E-state index in [1.807, 2.05) is 30.1 Å². The molecule has 1 aliphatic rings. The minimum absolute atomic E-state index is 0.112. The predicted molar refractivity (Wildman–Crippen MR) is 127 cm³/mol. The van der Waals surface area contributed by atoms with Gasteiger partial charge in [-0.05, 0) is 62.0 Å². The van der Waals surface area contributed by atoms with Gasteiger partial charge in [0, 0.05) is 37.6 Å². The number of aryl methyl sites for hydroxylation is 1. The van der Waals surface area contributed by atoms with Crippen molar-refractivity contribution >= 4 is 28.9 Å². The third-order valence-electron chi connectivity index (χ3n) is 6.06. The number of aromatic nitrogens is 2. The summed E-state index contributed by atoms with van der Waals surface area (Å²) in [7, 11) is 2.04. The molecule has 1 fully saturated rings. The van der Waals surface area contributed by atoms with Crippen LogP contribution < -0.4 is 10.6 Å². The molecule has 166 valence electrons. The van der Waals surface area contributed by atoms with Crippen molar-refractivity contribution in [2.75, 3.05) is 11.9 Å². The number of pyridine rings is 1. The zero-order valence-corrected chi connectivity index (χ0v) is 19.1. The number of carbonyl (C=O) groups is 1. The van der Waals surface area contributed by atoms with E-state index in [1.54, 1.807) is 24.4 Å². The van der Waals surface area contributed by atoms with E-state index in [-0.39, 0.29) is 30.1 Å². The Kier molecular flexibility index (Phi) is 6.23. The zero-order chi connectivity index (χ0) is 22.8. The maximum atomic E-state index is 13.9. The van der Waals surface area contributed by atoms with Gasteiger partial charge in [0.15, 0.2) is 5.11 Å². The summed E-state index contributed by atoms with van der Waals surface area (Å²) in [5.41, 5.74) is 4.49. The van der Waals surface area contributed by atoms with Gasteiger partial charge in [-0.2, -0.15) is 0 Å². The van der Waals surface area contributed by atoms with E-state index in [2.05, 4.69) is 40.1 Å². The zero-order valence-electron chi connectivity index (χ0n) is 18.3. The van der Waals surface area contributed by atoms with Gasteiger partial charge in [0.1, 0.15) is 5.82 Å². The number of nitrogens with one attached hydrogen (secondary N) is 2. The molecule has 1 aliphatic heterocycles. The minimum atomic E-state index is -0.456. The van der Waals surface area contributed by atoms with E-state index in [4.69, 9.17) is 12.2 Å². The molecule has 0 saturated carbocycles. The molecule has 0 aliphatic carbocycles. The lowest BCUT2D eigenvalue weighted by Crippen LogP contribution is -2.33. The highest BCUT2D eigenvalue weighted by Gasteiger charge is 2.41. The van der Waals surface area contributed by atoms with Gasteiger partial charge in [-0.25, -0.2) is 4.39 Å². The fourth-order valence-electron chi connectivity index (χ4n) is 4.17. The van der Waals surface area contributed by atoms with Gasteiger partial charge in [-0.1, -0.05) is 18.2 Å². The second-order valence-electron chi connectivity index (χ2n) is 7.98. The van der Waals surface area contributed by atoms with Gasteiger partial charge >= 0.3 is 0 Å². The Morgan fingerprint density at radius 2 is 1.97 bits per heavy atom. The number of hydrogen-bond donors (Lipinski definition) is 2. The summed E-state index contributed by atoms with van der Waals surface area (Å²) in [6.45, 7) is 4.55. The van der Waals surface area contributed by atoms with E-state index in [0.717, 1.165) is 22.6 Å². The Balaban J connectivity index is 1.59. The van der Waals surface area contributed by atoms with Crippen molar-refractivity contribution in [3.63, 3.8) is 0 Å². The van der Waals surface area contributed by atoms with Crippen LogP contribution in [0.2, 0.25) is 0 Å². The van der Waals surface area contributed by atoms with Gasteiger partial charge in [-0.15, -0.1) is 0 Å². The number of benzene rings is 1. The van der Waals surface area contributed by atoms with Crippen molar-refractivity contribution < 1.29 is 9.18 Å². The van der Waals surface area contributed by atoms with Crippen molar-refractivity contribution in [2.45, 2.75) is 32.4 Å². The van der Waals surface area contributed by atoms with Gasteiger partial charge in [0.25, 0.3) is 0 Å². The quantitative estimate of drug-likeness (QED) is 0.551. The van der Waals surface area contributed by atoms with Crippen LogP contribution in [-0.2, 0) is 11.8 Å². The molecule has 2 unspecified atom stereocenters. The molecule has 3 aromatic rings. The average molecular weight is 452 g/mol. The number of para-hydroxylation sites is 1. The summed E-state index contributed by atoms with van der Waals surface area (Å²) in [6, 6.07) is 13.9. The molecule has 2 N–H and O–H groups in total. The molecular weight excluding hydrogens is 425 g/mol. The molecule has 2 atom stereocenters. The Labute approximate surface area is 192 Å². The number of nitrogens with zero attached hydrogens (tertiary/aromatic N) is 3. The van der Waals surface area contributed by atoms with Crippen molar-refractivity contribution in [2.24, 2.45) is 7.05 Å². The van der Waals surface area contributed by atoms with Crippen LogP contribution in [0.15, 0.2) is 54.7 Å². The highest BCUT2D eigenvalue weighted by molar-refractivity contribution is 7.80. The van der Waals surface area contributed by atoms with E-state index < -0.39 is 5.82 Å². The molecule has 2 aromatic heterocycles. The van der Waals surface area contributed by atoms with Crippen LogP contribution in [0.4, 0.5) is 10.1 Å². The van der Waals surface area contributed by atoms with Gasteiger partial charge in [0.05, 0.1) is 23.5 Å². The SMILES string of the molecule is Cc1cc(C2C(c3ccccn3)NC(=S)N2CCC(=O)Nc2ccccc2F)c(C)n1C. The van der Waals surface area contributed by atoms with Crippen LogP contribution in [-0.4, -0.2) is 32.0 Å². The molecule has 1 amide bonds. The van der Waals surface area contributed by atoms with Crippen LogP contribution >= 0.6 is 12.2 Å². The summed E-state index contributed by atoms with van der Waals surface area (Å²) in [5.74, 6) is -0.721. The first-order chi connectivity index (χ1) is 15.4. The number of halogens is 1. The summed E-state index contributed by atoms with van der Waals surface area (Å²) in [6.07, 6.45) is 1.94. The molecule has 32 heavy (non-hydrogen) atoms. The Morgan fingerprint density at radius 3 is 2.62 bits per heavy atom. The van der Waals surface area contributed by atoms with Crippen LogP contribution in [0.1, 0.15) is 41.1 Å². The molecule has 8 heteroatoms. The monoisotopic (exact) mass is 451 g/mol. The topological polar surface area (TPSA) is 62.2 Å². The minimum Gasteiger partial charge on any atom is -0.352 e. The maximum Gasteiger partial charge on any atom is 0.226 e. The van der Waals surface area contributed by atoms with Crippen LogP contribution in [0.25, 0.3) is 0 Å². The Hall–Kier alpha value is -3.26. The molecule has 1 saturated heterocycles. The van der Waals surface area contributed by atoms with Crippen molar-refractivity contribution in [1.29, 1.82) is 0 Å². The lowest BCUT2D eigenvalue weighted by Gasteiger charge is -2.28. The number of anilines is 1. The van der Waals surface area contributed by atoms with Crippen LogP contribution in [0.5, 0.6) is 0 Å². The fraction of sp³-hybridized carbons (Fsp3) is 0.292. The molecular formula is C24H26FN5OS. The van der Waals surface area contributed by atoms with Crippen molar-refractivity contribution in [1.82, 2.24) is 19.8 Å². The number of carbonyl (C=O) groups excluding carboxylic acids is 1. The molecule has 0 radical (unpaired) electrons. The second-order valence-corrected chi connectivity index (χ2v) is 8.37. The first kappa shape index (κ1) is 22.0. The van der Waals surface area contributed by atoms with Crippen LogP contribution in [0, 0.1) is 19.7 Å². The molecule has 3 heterocycles. The lowest BCUT2D eigenvalue weighted by atomic mass is 9.96. The third kappa shape index (κ3) is 4.23. The van der Waals surface area contributed by atoms with Crippen molar-refractivity contribution in [3.8, 4) is 0 Å². The number of thiocarbonyl (C=S) groups is 1. The van der Waals surface area contributed by atoms with E-state index >= 15 is 0 Å². The van der Waals surface area contributed by atoms with E-state index in [9.17, 15) is 9.18 Å². The standard InChI is InChI=1S/C24H26FN5OS/c1-15-14-17(16(2)29(15)3)23-22(20-10-6-7-12-26-20)28-24(32)30(23)13-11-21(31)27-19-9-5-4-8-18(19)25/h4-10,12,14,22-23H,11,13H2,1-3H3,(H,27,31)(H,28,32). The van der Waals surface area contributed by atoms with Crippen LogP contribution in [0.3, 0.4) is 0 Å². The molecule has 4 rings (SSSR count).